The van der Waals surface area contributed by atoms with Gasteiger partial charge < -0.3 is 16.4 Å². The normalized spacial score (nSPS) is 34.2. The number of carbonyl (C=O) groups excluding carboxylic acids is 1. The Morgan fingerprint density at radius 1 is 1.31 bits per heavy atom. The molecular formula is C12H23N3O. The fourth-order valence-electron chi connectivity index (χ4n) is 2.80. The zero-order valence-corrected chi connectivity index (χ0v) is 9.87. The van der Waals surface area contributed by atoms with E-state index in [0.717, 1.165) is 25.9 Å². The number of carbonyl (C=O) groups is 1. The van der Waals surface area contributed by atoms with Crippen LogP contribution >= 0.6 is 0 Å². The molecule has 1 aliphatic heterocycles. The first-order valence-corrected chi connectivity index (χ1v) is 6.51. The summed E-state index contributed by atoms with van der Waals surface area (Å²) in [5.41, 5.74) is 5.95. The van der Waals surface area contributed by atoms with Crippen molar-refractivity contribution in [1.82, 2.24) is 10.6 Å². The first kappa shape index (κ1) is 11.9. The molecule has 4 N–H and O–H groups in total. The fourth-order valence-corrected chi connectivity index (χ4v) is 2.80. The molecule has 0 bridgehead atoms. The van der Waals surface area contributed by atoms with Gasteiger partial charge in [-0.05, 0) is 38.1 Å². The Hall–Kier alpha value is -0.610. The minimum absolute atomic E-state index is 0.177. The van der Waals surface area contributed by atoms with Crippen LogP contribution < -0.4 is 16.4 Å². The molecule has 1 aliphatic carbocycles. The van der Waals surface area contributed by atoms with Crippen LogP contribution in [0, 0.1) is 5.92 Å². The van der Waals surface area contributed by atoms with Gasteiger partial charge in [0.25, 0.3) is 0 Å². The molecule has 2 rings (SSSR count). The molecule has 1 saturated carbocycles. The number of hydrogen-bond donors (Lipinski definition) is 3. The Bertz CT molecular complexity index is 238. The monoisotopic (exact) mass is 225 g/mol. The van der Waals surface area contributed by atoms with Crippen molar-refractivity contribution < 1.29 is 4.79 Å². The molecule has 0 aromatic carbocycles. The van der Waals surface area contributed by atoms with E-state index < -0.39 is 0 Å². The molecule has 2 fully saturated rings. The highest BCUT2D eigenvalue weighted by Crippen LogP contribution is 2.26. The summed E-state index contributed by atoms with van der Waals surface area (Å²) in [5.74, 6) is 0.590. The van der Waals surface area contributed by atoms with E-state index in [-0.39, 0.29) is 11.9 Å². The molecule has 3 atom stereocenters. The number of nitrogens with one attached hydrogen (secondary N) is 2. The average molecular weight is 225 g/mol. The number of rotatable bonds is 4. The van der Waals surface area contributed by atoms with Gasteiger partial charge in [-0.3, -0.25) is 4.79 Å². The molecular weight excluding hydrogens is 202 g/mol. The standard InChI is InChI=1S/C12H23N3O/c13-11-5-1-3-9(11)7-12(16)15-8-10-4-2-6-14-10/h9-11,14H,1-8,13H2,(H,15,16)/t9-,10?,11+/m0/s1. The van der Waals surface area contributed by atoms with Crippen LogP contribution in [-0.4, -0.2) is 31.1 Å². The molecule has 92 valence electrons. The highest BCUT2D eigenvalue weighted by atomic mass is 16.1. The van der Waals surface area contributed by atoms with Crippen molar-refractivity contribution in [3.63, 3.8) is 0 Å². The lowest BCUT2D eigenvalue weighted by molar-refractivity contribution is -0.122. The van der Waals surface area contributed by atoms with E-state index in [1.807, 2.05) is 0 Å². The molecule has 1 saturated heterocycles. The van der Waals surface area contributed by atoms with Crippen molar-refractivity contribution in [2.45, 2.75) is 50.6 Å². The van der Waals surface area contributed by atoms with Crippen molar-refractivity contribution >= 4 is 5.91 Å². The summed E-state index contributed by atoms with van der Waals surface area (Å²) in [6.07, 6.45) is 6.42. The summed E-state index contributed by atoms with van der Waals surface area (Å²) in [4.78, 5) is 11.7. The quantitative estimate of drug-likeness (QED) is 0.647. The number of hydrogen-bond acceptors (Lipinski definition) is 3. The first-order valence-electron chi connectivity index (χ1n) is 6.51. The lowest BCUT2D eigenvalue weighted by Crippen LogP contribution is -2.38. The van der Waals surface area contributed by atoms with Crippen LogP contribution in [0.2, 0.25) is 0 Å². The summed E-state index contributed by atoms with van der Waals surface area (Å²) < 4.78 is 0. The SMILES string of the molecule is N[C@@H]1CCC[C@H]1CC(=O)NCC1CCCN1. The van der Waals surface area contributed by atoms with Crippen molar-refractivity contribution in [3.05, 3.63) is 0 Å². The van der Waals surface area contributed by atoms with Gasteiger partial charge in [-0.2, -0.15) is 0 Å². The number of nitrogens with two attached hydrogens (primary N) is 1. The van der Waals surface area contributed by atoms with E-state index in [4.69, 9.17) is 5.73 Å². The maximum absolute atomic E-state index is 11.7. The molecule has 1 heterocycles. The number of amides is 1. The lowest BCUT2D eigenvalue weighted by Gasteiger charge is -2.16. The Balaban J connectivity index is 1.63. The fraction of sp³-hybridized carbons (Fsp3) is 0.917. The van der Waals surface area contributed by atoms with Crippen LogP contribution in [0.5, 0.6) is 0 Å². The van der Waals surface area contributed by atoms with Gasteiger partial charge in [-0.1, -0.05) is 6.42 Å². The molecule has 4 heteroatoms. The maximum Gasteiger partial charge on any atom is 0.220 e. The molecule has 2 aliphatic rings. The van der Waals surface area contributed by atoms with Crippen molar-refractivity contribution in [1.29, 1.82) is 0 Å². The van der Waals surface area contributed by atoms with Crippen LogP contribution in [0.3, 0.4) is 0 Å². The van der Waals surface area contributed by atoms with Crippen LogP contribution in [0.15, 0.2) is 0 Å². The third-order valence-corrected chi connectivity index (χ3v) is 3.87. The molecule has 16 heavy (non-hydrogen) atoms. The molecule has 0 spiro atoms. The summed E-state index contributed by atoms with van der Waals surface area (Å²) in [5, 5.41) is 6.39. The third kappa shape index (κ3) is 3.19. The molecule has 1 unspecified atom stereocenters. The molecule has 0 aromatic rings. The van der Waals surface area contributed by atoms with Crippen molar-refractivity contribution in [3.8, 4) is 0 Å². The van der Waals surface area contributed by atoms with Crippen LogP contribution in [0.25, 0.3) is 0 Å². The Labute approximate surface area is 97.3 Å². The van der Waals surface area contributed by atoms with E-state index in [1.165, 1.54) is 19.3 Å². The van der Waals surface area contributed by atoms with Crippen molar-refractivity contribution in [2.75, 3.05) is 13.1 Å². The van der Waals surface area contributed by atoms with Gasteiger partial charge in [0, 0.05) is 25.0 Å². The van der Waals surface area contributed by atoms with Crippen LogP contribution in [-0.2, 0) is 4.79 Å². The van der Waals surface area contributed by atoms with Crippen LogP contribution in [0.1, 0.15) is 38.5 Å². The predicted molar refractivity (Wildman–Crippen MR) is 64.0 cm³/mol. The van der Waals surface area contributed by atoms with Gasteiger partial charge in [0.15, 0.2) is 0 Å². The zero-order valence-electron chi connectivity index (χ0n) is 9.87. The molecule has 0 aromatic heterocycles. The van der Waals surface area contributed by atoms with Gasteiger partial charge in [-0.15, -0.1) is 0 Å². The highest BCUT2D eigenvalue weighted by Gasteiger charge is 2.26. The van der Waals surface area contributed by atoms with E-state index >= 15 is 0 Å². The predicted octanol–water partition coefficient (Wildman–Crippen LogP) is 0.372. The minimum Gasteiger partial charge on any atom is -0.355 e. The molecule has 4 nitrogen and oxygen atoms in total. The van der Waals surface area contributed by atoms with Crippen LogP contribution in [0.4, 0.5) is 0 Å². The molecule has 1 amide bonds. The van der Waals surface area contributed by atoms with E-state index in [9.17, 15) is 4.79 Å². The smallest absolute Gasteiger partial charge is 0.220 e. The lowest BCUT2D eigenvalue weighted by atomic mass is 10.00. The van der Waals surface area contributed by atoms with Gasteiger partial charge in [0.05, 0.1) is 0 Å². The van der Waals surface area contributed by atoms with Gasteiger partial charge in [0.2, 0.25) is 5.91 Å². The third-order valence-electron chi connectivity index (χ3n) is 3.87. The Morgan fingerprint density at radius 3 is 2.81 bits per heavy atom. The topological polar surface area (TPSA) is 67.2 Å². The Morgan fingerprint density at radius 2 is 2.19 bits per heavy atom. The van der Waals surface area contributed by atoms with E-state index in [1.54, 1.807) is 0 Å². The maximum atomic E-state index is 11.7. The largest absolute Gasteiger partial charge is 0.355 e. The summed E-state index contributed by atoms with van der Waals surface area (Å²) in [7, 11) is 0. The second kappa shape index (κ2) is 5.64. The Kier molecular flexibility index (Phi) is 4.18. The molecule has 0 radical (unpaired) electrons. The van der Waals surface area contributed by atoms with Crippen molar-refractivity contribution in [2.24, 2.45) is 11.7 Å². The van der Waals surface area contributed by atoms with E-state index in [2.05, 4.69) is 10.6 Å². The highest BCUT2D eigenvalue weighted by molar-refractivity contribution is 5.76. The minimum atomic E-state index is 0.177. The van der Waals surface area contributed by atoms with E-state index in [0.29, 0.717) is 18.4 Å². The second-order valence-electron chi connectivity index (χ2n) is 5.16. The average Bonchev–Trinajstić information content (AvgIpc) is 2.88. The summed E-state index contributed by atoms with van der Waals surface area (Å²) in [6.45, 7) is 1.87. The summed E-state index contributed by atoms with van der Waals surface area (Å²) in [6, 6.07) is 0.733. The van der Waals surface area contributed by atoms with Gasteiger partial charge in [-0.25, -0.2) is 0 Å². The van der Waals surface area contributed by atoms with Gasteiger partial charge in [0.1, 0.15) is 0 Å². The zero-order chi connectivity index (χ0) is 11.4. The summed E-state index contributed by atoms with van der Waals surface area (Å²) >= 11 is 0. The second-order valence-corrected chi connectivity index (χ2v) is 5.16. The first-order chi connectivity index (χ1) is 7.75. The van der Waals surface area contributed by atoms with Gasteiger partial charge >= 0.3 is 0 Å².